The Bertz CT molecular complexity index is 391. The van der Waals surface area contributed by atoms with Crippen LogP contribution < -0.4 is 11.1 Å². The Hall–Kier alpha value is -1.71. The minimum absolute atomic E-state index is 0.152. The van der Waals surface area contributed by atoms with Crippen LogP contribution in [0.5, 0.6) is 0 Å². The topological polar surface area (TPSA) is 75.3 Å². The van der Waals surface area contributed by atoms with Gasteiger partial charge in [-0.3, -0.25) is 0 Å². The Balaban J connectivity index is 2.79. The number of aromatic carboxylic acids is 1. The number of rotatable bonds is 6. The maximum absolute atomic E-state index is 10.8. The first-order chi connectivity index (χ1) is 8.08. The summed E-state index contributed by atoms with van der Waals surface area (Å²) in [6.45, 7) is 4.27. The van der Waals surface area contributed by atoms with Gasteiger partial charge in [-0.1, -0.05) is 20.3 Å². The quantitative estimate of drug-likeness (QED) is 0.664. The first kappa shape index (κ1) is 13.4. The van der Waals surface area contributed by atoms with Gasteiger partial charge < -0.3 is 16.2 Å². The highest BCUT2D eigenvalue weighted by molar-refractivity contribution is 5.94. The lowest BCUT2D eigenvalue weighted by molar-refractivity contribution is 0.0698. The summed E-state index contributed by atoms with van der Waals surface area (Å²) in [7, 11) is 0. The minimum atomic E-state index is -0.991. The van der Waals surface area contributed by atoms with Crippen molar-refractivity contribution in [2.75, 3.05) is 11.1 Å². The number of anilines is 2. The molecule has 1 aromatic rings. The molecule has 0 saturated heterocycles. The molecule has 0 aliphatic rings. The van der Waals surface area contributed by atoms with E-state index >= 15 is 0 Å². The maximum Gasteiger partial charge on any atom is 0.337 e. The molecule has 1 unspecified atom stereocenters. The summed E-state index contributed by atoms with van der Waals surface area (Å²) in [6.07, 6.45) is 3.25. The molecule has 0 spiro atoms. The summed E-state index contributed by atoms with van der Waals surface area (Å²) >= 11 is 0. The molecule has 1 atom stereocenters. The van der Waals surface area contributed by atoms with Crippen molar-refractivity contribution in [2.24, 2.45) is 0 Å². The zero-order valence-electron chi connectivity index (χ0n) is 10.4. The van der Waals surface area contributed by atoms with Gasteiger partial charge in [-0.15, -0.1) is 0 Å². The molecule has 1 rings (SSSR count). The van der Waals surface area contributed by atoms with E-state index in [1.54, 1.807) is 18.2 Å². The van der Waals surface area contributed by atoms with Gasteiger partial charge in [0.15, 0.2) is 0 Å². The number of benzene rings is 1. The predicted octanol–water partition coefficient (Wildman–Crippen LogP) is 2.96. The van der Waals surface area contributed by atoms with Crippen LogP contribution in [-0.2, 0) is 0 Å². The van der Waals surface area contributed by atoms with E-state index < -0.39 is 5.97 Å². The average molecular weight is 236 g/mol. The summed E-state index contributed by atoms with van der Waals surface area (Å²) in [4.78, 5) is 10.8. The standard InChI is InChI=1S/C13H20N2O2/c1-3-5-9(4-2)15-10-6-7-11(13(16)17)12(14)8-10/h6-9,15H,3-5,14H2,1-2H3,(H,16,17). The number of carboxylic acid groups (broad SMARTS) is 1. The van der Waals surface area contributed by atoms with Crippen LogP contribution in [0.3, 0.4) is 0 Å². The molecule has 94 valence electrons. The van der Waals surface area contributed by atoms with Crippen molar-refractivity contribution in [3.63, 3.8) is 0 Å². The maximum atomic E-state index is 10.8. The van der Waals surface area contributed by atoms with Crippen molar-refractivity contribution in [3.8, 4) is 0 Å². The first-order valence-corrected chi connectivity index (χ1v) is 5.97. The van der Waals surface area contributed by atoms with Gasteiger partial charge in [-0.05, 0) is 31.0 Å². The van der Waals surface area contributed by atoms with Gasteiger partial charge in [0.05, 0.1) is 5.56 Å². The number of nitrogens with two attached hydrogens (primary N) is 1. The molecule has 0 aromatic heterocycles. The summed E-state index contributed by atoms with van der Waals surface area (Å²) in [5, 5.41) is 12.2. The molecule has 0 amide bonds. The van der Waals surface area contributed by atoms with Gasteiger partial charge in [0.25, 0.3) is 0 Å². The summed E-state index contributed by atoms with van der Waals surface area (Å²) in [5.41, 5.74) is 7.03. The third-order valence-corrected chi connectivity index (χ3v) is 2.78. The molecule has 0 fully saturated rings. The molecule has 0 aliphatic carbocycles. The van der Waals surface area contributed by atoms with E-state index in [9.17, 15) is 4.79 Å². The molecule has 0 heterocycles. The van der Waals surface area contributed by atoms with Gasteiger partial charge >= 0.3 is 5.97 Å². The lowest BCUT2D eigenvalue weighted by Gasteiger charge is -2.18. The van der Waals surface area contributed by atoms with Gasteiger partial charge in [0.2, 0.25) is 0 Å². The van der Waals surface area contributed by atoms with Crippen molar-refractivity contribution in [1.29, 1.82) is 0 Å². The van der Waals surface area contributed by atoms with Crippen LogP contribution in [0.4, 0.5) is 11.4 Å². The highest BCUT2D eigenvalue weighted by Crippen LogP contribution is 2.20. The Labute approximate surface area is 102 Å². The highest BCUT2D eigenvalue weighted by atomic mass is 16.4. The fourth-order valence-electron chi connectivity index (χ4n) is 1.81. The molecule has 0 radical (unpaired) electrons. The number of carboxylic acids is 1. The first-order valence-electron chi connectivity index (χ1n) is 5.97. The molecule has 0 bridgehead atoms. The van der Waals surface area contributed by atoms with E-state index in [1.165, 1.54) is 0 Å². The number of hydrogen-bond acceptors (Lipinski definition) is 3. The van der Waals surface area contributed by atoms with E-state index in [-0.39, 0.29) is 5.56 Å². The second-order valence-corrected chi connectivity index (χ2v) is 4.15. The summed E-state index contributed by atoms with van der Waals surface area (Å²) < 4.78 is 0. The van der Waals surface area contributed by atoms with E-state index in [0.29, 0.717) is 11.7 Å². The van der Waals surface area contributed by atoms with Gasteiger partial charge in [0, 0.05) is 17.4 Å². The fraction of sp³-hybridized carbons (Fsp3) is 0.462. The van der Waals surface area contributed by atoms with E-state index in [1.807, 2.05) is 0 Å². The van der Waals surface area contributed by atoms with Gasteiger partial charge in [-0.2, -0.15) is 0 Å². The van der Waals surface area contributed by atoms with Crippen LogP contribution in [0.15, 0.2) is 18.2 Å². The molecule has 4 N–H and O–H groups in total. The van der Waals surface area contributed by atoms with E-state index in [2.05, 4.69) is 19.2 Å². The second kappa shape index (κ2) is 6.13. The van der Waals surface area contributed by atoms with Crippen molar-refractivity contribution >= 4 is 17.3 Å². The Morgan fingerprint density at radius 3 is 2.65 bits per heavy atom. The Morgan fingerprint density at radius 2 is 2.18 bits per heavy atom. The molecule has 1 aromatic carbocycles. The highest BCUT2D eigenvalue weighted by Gasteiger charge is 2.09. The molecule has 17 heavy (non-hydrogen) atoms. The molecule has 0 saturated carbocycles. The van der Waals surface area contributed by atoms with Crippen LogP contribution in [0, 0.1) is 0 Å². The number of nitrogen functional groups attached to an aromatic ring is 1. The normalized spacial score (nSPS) is 12.1. The van der Waals surface area contributed by atoms with Gasteiger partial charge in [0.1, 0.15) is 0 Å². The number of hydrogen-bond donors (Lipinski definition) is 3. The molecular weight excluding hydrogens is 216 g/mol. The zero-order valence-corrected chi connectivity index (χ0v) is 10.4. The van der Waals surface area contributed by atoms with E-state index in [0.717, 1.165) is 24.9 Å². The van der Waals surface area contributed by atoms with Crippen molar-refractivity contribution in [1.82, 2.24) is 0 Å². The number of carbonyl (C=O) groups is 1. The smallest absolute Gasteiger partial charge is 0.337 e. The summed E-state index contributed by atoms with van der Waals surface area (Å²) in [5.74, 6) is -0.991. The minimum Gasteiger partial charge on any atom is -0.478 e. The van der Waals surface area contributed by atoms with Crippen molar-refractivity contribution < 1.29 is 9.90 Å². The molecular formula is C13H20N2O2. The van der Waals surface area contributed by atoms with Crippen LogP contribution in [0.2, 0.25) is 0 Å². The third-order valence-electron chi connectivity index (χ3n) is 2.78. The van der Waals surface area contributed by atoms with Crippen molar-refractivity contribution in [2.45, 2.75) is 39.2 Å². The van der Waals surface area contributed by atoms with Gasteiger partial charge in [-0.25, -0.2) is 4.79 Å². The predicted molar refractivity (Wildman–Crippen MR) is 70.4 cm³/mol. The lowest BCUT2D eigenvalue weighted by atomic mass is 10.1. The largest absolute Gasteiger partial charge is 0.478 e. The van der Waals surface area contributed by atoms with Crippen LogP contribution >= 0.6 is 0 Å². The van der Waals surface area contributed by atoms with Crippen LogP contribution in [-0.4, -0.2) is 17.1 Å². The third kappa shape index (κ3) is 3.66. The molecule has 4 heteroatoms. The summed E-state index contributed by atoms with van der Waals surface area (Å²) in [6, 6.07) is 5.40. The molecule has 0 aliphatic heterocycles. The van der Waals surface area contributed by atoms with Crippen molar-refractivity contribution in [3.05, 3.63) is 23.8 Å². The Kier molecular flexibility index (Phi) is 4.82. The second-order valence-electron chi connectivity index (χ2n) is 4.15. The van der Waals surface area contributed by atoms with E-state index in [4.69, 9.17) is 10.8 Å². The lowest BCUT2D eigenvalue weighted by Crippen LogP contribution is -2.18. The fourth-order valence-corrected chi connectivity index (χ4v) is 1.81. The molecule has 4 nitrogen and oxygen atoms in total. The Morgan fingerprint density at radius 1 is 1.47 bits per heavy atom. The SMILES string of the molecule is CCCC(CC)Nc1ccc(C(=O)O)c(N)c1. The zero-order chi connectivity index (χ0) is 12.8. The number of nitrogens with one attached hydrogen (secondary N) is 1. The average Bonchev–Trinajstić information content (AvgIpc) is 2.28. The van der Waals surface area contributed by atoms with Crippen LogP contribution in [0.1, 0.15) is 43.5 Å². The monoisotopic (exact) mass is 236 g/mol. The van der Waals surface area contributed by atoms with Crippen LogP contribution in [0.25, 0.3) is 0 Å².